The number of hydrogen-bond acceptors (Lipinski definition) is 3. The van der Waals surface area contributed by atoms with Gasteiger partial charge in [-0.1, -0.05) is 49.7 Å². The molecule has 1 N–H and O–H groups in total. The van der Waals surface area contributed by atoms with Crippen LogP contribution >= 0.6 is 0 Å². The quantitative estimate of drug-likeness (QED) is 0.606. The molecule has 0 saturated heterocycles. The SMILES string of the molecule is Cc1ccc2[nH]c(=O)c(C(=O)OC(C)(C)C)c(-c3cccc(C(C)C)c3)c2c1. The van der Waals surface area contributed by atoms with E-state index in [0.717, 1.165) is 22.1 Å². The molecule has 1 heterocycles. The fourth-order valence-electron chi connectivity index (χ4n) is 3.28. The van der Waals surface area contributed by atoms with Crippen molar-refractivity contribution < 1.29 is 9.53 Å². The van der Waals surface area contributed by atoms with Crippen LogP contribution in [-0.2, 0) is 4.74 Å². The highest BCUT2D eigenvalue weighted by Crippen LogP contribution is 2.33. The third-order valence-corrected chi connectivity index (χ3v) is 4.61. The third-order valence-electron chi connectivity index (χ3n) is 4.61. The molecule has 3 aromatic rings. The van der Waals surface area contributed by atoms with Crippen molar-refractivity contribution in [3.8, 4) is 11.1 Å². The molecule has 3 rings (SSSR count). The van der Waals surface area contributed by atoms with E-state index in [2.05, 4.69) is 31.0 Å². The molecule has 0 saturated carbocycles. The van der Waals surface area contributed by atoms with Gasteiger partial charge in [0.2, 0.25) is 0 Å². The van der Waals surface area contributed by atoms with E-state index in [1.807, 2.05) is 37.3 Å². The van der Waals surface area contributed by atoms with Crippen molar-refractivity contribution in [2.45, 2.75) is 53.1 Å². The predicted molar refractivity (Wildman–Crippen MR) is 114 cm³/mol. The lowest BCUT2D eigenvalue weighted by atomic mass is 9.92. The topological polar surface area (TPSA) is 59.2 Å². The fraction of sp³-hybridized carbons (Fsp3) is 0.333. The molecule has 0 bridgehead atoms. The fourth-order valence-corrected chi connectivity index (χ4v) is 3.28. The summed E-state index contributed by atoms with van der Waals surface area (Å²) in [5.74, 6) is -0.276. The average Bonchev–Trinajstić information content (AvgIpc) is 2.59. The predicted octanol–water partition coefficient (Wildman–Crippen LogP) is 5.58. The van der Waals surface area contributed by atoms with E-state index < -0.39 is 17.1 Å². The molecule has 0 aliphatic carbocycles. The summed E-state index contributed by atoms with van der Waals surface area (Å²) in [7, 11) is 0. The Hall–Kier alpha value is -2.88. The van der Waals surface area contributed by atoms with Gasteiger partial charge in [0.15, 0.2) is 0 Å². The minimum atomic E-state index is -0.692. The first-order valence-corrected chi connectivity index (χ1v) is 9.57. The summed E-state index contributed by atoms with van der Waals surface area (Å²) in [5, 5.41) is 0.835. The Labute approximate surface area is 165 Å². The lowest BCUT2D eigenvalue weighted by Crippen LogP contribution is -2.29. The Balaban J connectivity index is 2.38. The monoisotopic (exact) mass is 377 g/mol. The first-order valence-electron chi connectivity index (χ1n) is 9.57. The second kappa shape index (κ2) is 7.27. The van der Waals surface area contributed by atoms with Crippen molar-refractivity contribution in [3.63, 3.8) is 0 Å². The number of aromatic nitrogens is 1. The van der Waals surface area contributed by atoms with E-state index in [0.29, 0.717) is 17.0 Å². The molecule has 4 heteroatoms. The molecule has 0 atom stereocenters. The van der Waals surface area contributed by atoms with Crippen LogP contribution in [0.15, 0.2) is 47.3 Å². The molecule has 0 spiro atoms. The van der Waals surface area contributed by atoms with Gasteiger partial charge in [0, 0.05) is 16.5 Å². The maximum absolute atomic E-state index is 13.0. The van der Waals surface area contributed by atoms with Crippen molar-refractivity contribution in [1.29, 1.82) is 0 Å². The number of pyridine rings is 1. The average molecular weight is 377 g/mol. The molecular formula is C24H27NO3. The van der Waals surface area contributed by atoms with Gasteiger partial charge in [0.1, 0.15) is 11.2 Å². The number of nitrogens with one attached hydrogen (secondary N) is 1. The Morgan fingerprint density at radius 3 is 2.43 bits per heavy atom. The number of fused-ring (bicyclic) bond motifs is 1. The zero-order valence-corrected chi connectivity index (χ0v) is 17.3. The highest BCUT2D eigenvalue weighted by atomic mass is 16.6. The Morgan fingerprint density at radius 2 is 1.79 bits per heavy atom. The summed E-state index contributed by atoms with van der Waals surface area (Å²) >= 11 is 0. The Morgan fingerprint density at radius 1 is 1.07 bits per heavy atom. The van der Waals surface area contributed by atoms with Crippen LogP contribution in [0, 0.1) is 6.92 Å². The number of aryl methyl sites for hydroxylation is 1. The van der Waals surface area contributed by atoms with Crippen molar-refractivity contribution >= 4 is 16.9 Å². The van der Waals surface area contributed by atoms with E-state index in [-0.39, 0.29) is 5.56 Å². The Kier molecular flexibility index (Phi) is 5.16. The molecule has 2 aromatic carbocycles. The number of benzene rings is 2. The summed E-state index contributed by atoms with van der Waals surface area (Å²) < 4.78 is 5.56. The largest absolute Gasteiger partial charge is 0.456 e. The van der Waals surface area contributed by atoms with Crippen LogP contribution in [-0.4, -0.2) is 16.6 Å². The lowest BCUT2D eigenvalue weighted by Gasteiger charge is -2.21. The van der Waals surface area contributed by atoms with Crippen LogP contribution in [0.4, 0.5) is 0 Å². The maximum atomic E-state index is 13.0. The van der Waals surface area contributed by atoms with Crippen molar-refractivity contribution in [1.82, 2.24) is 4.98 Å². The second-order valence-electron chi connectivity index (χ2n) is 8.54. The molecule has 4 nitrogen and oxygen atoms in total. The van der Waals surface area contributed by atoms with Gasteiger partial charge in [-0.2, -0.15) is 0 Å². The highest BCUT2D eigenvalue weighted by molar-refractivity contribution is 6.07. The normalized spacial score (nSPS) is 11.8. The van der Waals surface area contributed by atoms with Gasteiger partial charge in [-0.05, 0) is 56.9 Å². The summed E-state index contributed by atoms with van der Waals surface area (Å²) in [6.45, 7) is 11.6. The van der Waals surface area contributed by atoms with Crippen molar-refractivity contribution in [2.75, 3.05) is 0 Å². The van der Waals surface area contributed by atoms with Crippen LogP contribution < -0.4 is 5.56 Å². The van der Waals surface area contributed by atoms with Gasteiger partial charge in [-0.3, -0.25) is 4.79 Å². The maximum Gasteiger partial charge on any atom is 0.344 e. The number of rotatable bonds is 3. The number of carbonyl (C=O) groups excluding carboxylic acids is 1. The lowest BCUT2D eigenvalue weighted by molar-refractivity contribution is 0.00687. The first-order chi connectivity index (χ1) is 13.1. The number of carbonyl (C=O) groups is 1. The molecule has 0 amide bonds. The molecule has 146 valence electrons. The summed E-state index contributed by atoms with van der Waals surface area (Å²) in [6, 6.07) is 13.8. The van der Waals surface area contributed by atoms with Gasteiger partial charge < -0.3 is 9.72 Å². The number of ether oxygens (including phenoxy) is 1. The zero-order valence-electron chi connectivity index (χ0n) is 17.3. The summed E-state index contributed by atoms with van der Waals surface area (Å²) in [5.41, 5.74) is 3.29. The molecule has 0 unspecified atom stereocenters. The van der Waals surface area contributed by atoms with Gasteiger partial charge >= 0.3 is 5.97 Å². The first kappa shape index (κ1) is 19.9. The minimum Gasteiger partial charge on any atom is -0.456 e. The third kappa shape index (κ3) is 4.01. The standard InChI is InChI=1S/C24H27NO3/c1-14(2)16-8-7-9-17(13-16)20-18-12-15(3)10-11-19(18)25-22(26)21(20)23(27)28-24(4,5)6/h7-14H,1-6H3,(H,25,26). The highest BCUT2D eigenvalue weighted by Gasteiger charge is 2.26. The van der Waals surface area contributed by atoms with E-state index in [1.54, 1.807) is 20.8 Å². The zero-order chi connectivity index (χ0) is 20.6. The van der Waals surface area contributed by atoms with Crippen LogP contribution in [0.5, 0.6) is 0 Å². The van der Waals surface area contributed by atoms with Gasteiger partial charge in [0.25, 0.3) is 5.56 Å². The van der Waals surface area contributed by atoms with Crippen LogP contribution in [0.25, 0.3) is 22.0 Å². The molecular weight excluding hydrogens is 350 g/mol. The second-order valence-corrected chi connectivity index (χ2v) is 8.54. The molecule has 0 radical (unpaired) electrons. The number of hydrogen-bond donors (Lipinski definition) is 1. The number of esters is 1. The molecule has 28 heavy (non-hydrogen) atoms. The Bertz CT molecular complexity index is 1100. The van der Waals surface area contributed by atoms with E-state index in [1.165, 1.54) is 0 Å². The van der Waals surface area contributed by atoms with Crippen LogP contribution in [0.2, 0.25) is 0 Å². The smallest absolute Gasteiger partial charge is 0.344 e. The molecule has 0 aliphatic rings. The van der Waals surface area contributed by atoms with Crippen LogP contribution in [0.3, 0.4) is 0 Å². The number of H-pyrrole nitrogens is 1. The molecule has 0 aliphatic heterocycles. The summed E-state index contributed by atoms with van der Waals surface area (Å²) in [6.07, 6.45) is 0. The van der Waals surface area contributed by atoms with Gasteiger partial charge in [-0.15, -0.1) is 0 Å². The van der Waals surface area contributed by atoms with Crippen molar-refractivity contribution in [3.05, 3.63) is 69.5 Å². The minimum absolute atomic E-state index is 0.0499. The van der Waals surface area contributed by atoms with E-state index >= 15 is 0 Å². The van der Waals surface area contributed by atoms with Gasteiger partial charge in [0.05, 0.1) is 0 Å². The van der Waals surface area contributed by atoms with Gasteiger partial charge in [-0.25, -0.2) is 4.79 Å². The molecule has 0 fully saturated rings. The number of aromatic amines is 1. The van der Waals surface area contributed by atoms with Crippen LogP contribution in [0.1, 0.15) is 62.0 Å². The summed E-state index contributed by atoms with van der Waals surface area (Å²) in [4.78, 5) is 28.7. The molecule has 1 aromatic heterocycles. The van der Waals surface area contributed by atoms with Crippen molar-refractivity contribution in [2.24, 2.45) is 0 Å². The van der Waals surface area contributed by atoms with E-state index in [9.17, 15) is 9.59 Å². The van der Waals surface area contributed by atoms with E-state index in [4.69, 9.17) is 4.74 Å².